The molecule has 1 atom stereocenters. The Balaban J connectivity index is 1.99. The highest BCUT2D eigenvalue weighted by molar-refractivity contribution is 6.03. The Morgan fingerprint density at radius 2 is 2.17 bits per heavy atom. The van der Waals surface area contributed by atoms with E-state index in [-0.39, 0.29) is 24.2 Å². The van der Waals surface area contributed by atoms with E-state index in [0.29, 0.717) is 18.4 Å². The number of aliphatic hydroxyl groups excluding tert-OH is 1. The van der Waals surface area contributed by atoms with Gasteiger partial charge < -0.3 is 10.0 Å². The predicted octanol–water partition coefficient (Wildman–Crippen LogP) is 1.48. The quantitative estimate of drug-likeness (QED) is 0.858. The summed E-state index contributed by atoms with van der Waals surface area (Å²) in [4.78, 5) is 25.3. The molecule has 1 aliphatic heterocycles. The smallest absolute Gasteiger partial charge is 0.227 e. The first-order valence-corrected chi connectivity index (χ1v) is 6.29. The van der Waals surface area contributed by atoms with Gasteiger partial charge in [0.05, 0.1) is 6.61 Å². The molecule has 94 valence electrons. The fourth-order valence-electron chi connectivity index (χ4n) is 2.84. The van der Waals surface area contributed by atoms with E-state index in [1.807, 2.05) is 12.1 Å². The van der Waals surface area contributed by atoms with Crippen molar-refractivity contribution in [1.29, 1.82) is 0 Å². The van der Waals surface area contributed by atoms with Gasteiger partial charge in [-0.05, 0) is 24.1 Å². The van der Waals surface area contributed by atoms with Crippen LogP contribution in [0.5, 0.6) is 0 Å². The number of carbonyl (C=O) groups excluding carboxylic acids is 2. The normalized spacial score (nSPS) is 22.7. The lowest BCUT2D eigenvalue weighted by molar-refractivity contribution is -0.117. The van der Waals surface area contributed by atoms with Crippen molar-refractivity contribution in [2.24, 2.45) is 0 Å². The molecule has 4 heteroatoms. The summed E-state index contributed by atoms with van der Waals surface area (Å²) in [5, 5.41) is 9.24. The second-order valence-electron chi connectivity index (χ2n) is 4.93. The first kappa shape index (κ1) is 11.4. The van der Waals surface area contributed by atoms with E-state index >= 15 is 0 Å². The summed E-state index contributed by atoms with van der Waals surface area (Å²) >= 11 is 0. The maximum atomic E-state index is 11.9. The van der Waals surface area contributed by atoms with Crippen molar-refractivity contribution in [2.45, 2.75) is 25.2 Å². The van der Waals surface area contributed by atoms with Crippen LogP contribution >= 0.6 is 0 Å². The van der Waals surface area contributed by atoms with Crippen molar-refractivity contribution < 1.29 is 14.7 Å². The number of benzene rings is 1. The number of ketones is 1. The molecule has 0 bridgehead atoms. The zero-order chi connectivity index (χ0) is 12.7. The molecule has 4 nitrogen and oxygen atoms in total. The van der Waals surface area contributed by atoms with Gasteiger partial charge in [0.15, 0.2) is 5.78 Å². The van der Waals surface area contributed by atoms with Crippen LogP contribution in [0.15, 0.2) is 18.2 Å². The summed E-state index contributed by atoms with van der Waals surface area (Å²) in [6.45, 7) is 0.732. The molecule has 0 saturated carbocycles. The average molecular weight is 245 g/mol. The second kappa shape index (κ2) is 4.21. The van der Waals surface area contributed by atoms with Crippen molar-refractivity contribution in [1.82, 2.24) is 0 Å². The molecule has 1 heterocycles. The van der Waals surface area contributed by atoms with Gasteiger partial charge in [0.25, 0.3) is 0 Å². The maximum Gasteiger partial charge on any atom is 0.227 e. The Morgan fingerprint density at radius 1 is 1.33 bits per heavy atom. The predicted molar refractivity (Wildman–Crippen MR) is 66.8 cm³/mol. The van der Waals surface area contributed by atoms with E-state index in [0.717, 1.165) is 24.2 Å². The van der Waals surface area contributed by atoms with E-state index in [1.165, 1.54) is 0 Å². The lowest BCUT2D eigenvalue weighted by Gasteiger charge is -2.17. The first-order chi connectivity index (χ1) is 8.70. The van der Waals surface area contributed by atoms with Crippen LogP contribution in [0.4, 0.5) is 5.69 Å². The molecule has 1 unspecified atom stereocenters. The van der Waals surface area contributed by atoms with E-state index in [9.17, 15) is 14.7 Å². The molecule has 3 rings (SSSR count). The molecule has 0 spiro atoms. The van der Waals surface area contributed by atoms with Gasteiger partial charge in [0.2, 0.25) is 5.91 Å². The number of anilines is 1. The molecule has 18 heavy (non-hydrogen) atoms. The number of amides is 1. The van der Waals surface area contributed by atoms with Crippen LogP contribution < -0.4 is 4.90 Å². The minimum atomic E-state index is -0.0733. The lowest BCUT2D eigenvalue weighted by atomic mass is 10.0. The van der Waals surface area contributed by atoms with E-state index in [1.54, 1.807) is 11.0 Å². The van der Waals surface area contributed by atoms with Crippen molar-refractivity contribution >= 4 is 17.4 Å². The molecule has 1 aromatic rings. The third kappa shape index (κ3) is 1.64. The van der Waals surface area contributed by atoms with Gasteiger partial charge in [0.1, 0.15) is 0 Å². The number of fused-ring (bicyclic) bond motifs is 1. The Morgan fingerprint density at radius 3 is 2.83 bits per heavy atom. The molecular weight excluding hydrogens is 230 g/mol. The van der Waals surface area contributed by atoms with E-state index in [2.05, 4.69) is 0 Å². The molecule has 1 fully saturated rings. The van der Waals surface area contributed by atoms with Gasteiger partial charge in [-0.15, -0.1) is 0 Å². The zero-order valence-corrected chi connectivity index (χ0v) is 10.1. The molecule has 2 aliphatic rings. The van der Waals surface area contributed by atoms with Crippen LogP contribution in [0.25, 0.3) is 0 Å². The molecule has 1 saturated heterocycles. The minimum absolute atomic E-state index is 0.000726. The molecule has 0 aromatic heterocycles. The van der Waals surface area contributed by atoms with Gasteiger partial charge in [-0.3, -0.25) is 9.59 Å². The number of carbonyl (C=O) groups is 2. The highest BCUT2D eigenvalue weighted by atomic mass is 16.3. The third-order valence-electron chi connectivity index (χ3n) is 3.81. The summed E-state index contributed by atoms with van der Waals surface area (Å²) in [5.41, 5.74) is 2.40. The summed E-state index contributed by atoms with van der Waals surface area (Å²) in [5.74, 6) is 0.118. The summed E-state index contributed by atoms with van der Waals surface area (Å²) in [6, 6.07) is 5.56. The molecule has 0 radical (unpaired) electrons. The van der Waals surface area contributed by atoms with Crippen LogP contribution in [0.3, 0.4) is 0 Å². The molecule has 1 aliphatic carbocycles. The minimum Gasteiger partial charge on any atom is -0.396 e. The van der Waals surface area contributed by atoms with Gasteiger partial charge in [0, 0.05) is 36.6 Å². The van der Waals surface area contributed by atoms with Crippen LogP contribution in [-0.2, 0) is 4.79 Å². The van der Waals surface area contributed by atoms with Crippen LogP contribution in [0, 0.1) is 0 Å². The zero-order valence-electron chi connectivity index (χ0n) is 10.1. The topological polar surface area (TPSA) is 57.6 Å². The Labute approximate surface area is 105 Å². The third-order valence-corrected chi connectivity index (χ3v) is 3.81. The summed E-state index contributed by atoms with van der Waals surface area (Å²) < 4.78 is 0. The fourth-order valence-corrected chi connectivity index (χ4v) is 2.84. The summed E-state index contributed by atoms with van der Waals surface area (Å²) in [6.07, 6.45) is 1.84. The van der Waals surface area contributed by atoms with Gasteiger partial charge >= 0.3 is 0 Å². The standard InChI is InChI=1S/C14H15NO3/c16-8-9-6-13(17)12-7-10(3-4-11(9)12)15-5-1-2-14(15)18/h3-4,7,9,16H,1-2,5-6,8H2. The number of aliphatic hydroxyl groups is 1. The number of nitrogens with zero attached hydrogens (tertiary/aromatic N) is 1. The van der Waals surface area contributed by atoms with Crippen molar-refractivity contribution in [3.8, 4) is 0 Å². The van der Waals surface area contributed by atoms with Crippen molar-refractivity contribution in [2.75, 3.05) is 18.1 Å². The van der Waals surface area contributed by atoms with Gasteiger partial charge in [-0.25, -0.2) is 0 Å². The molecule has 1 N–H and O–H groups in total. The highest BCUT2D eigenvalue weighted by Gasteiger charge is 2.30. The first-order valence-electron chi connectivity index (χ1n) is 6.29. The monoisotopic (exact) mass is 245 g/mol. The van der Waals surface area contributed by atoms with E-state index < -0.39 is 0 Å². The van der Waals surface area contributed by atoms with Gasteiger partial charge in [-0.1, -0.05) is 6.07 Å². The van der Waals surface area contributed by atoms with Gasteiger partial charge in [-0.2, -0.15) is 0 Å². The average Bonchev–Trinajstić information content (AvgIpc) is 2.93. The summed E-state index contributed by atoms with van der Waals surface area (Å²) in [7, 11) is 0. The SMILES string of the molecule is O=C1CC(CO)c2ccc(N3CCCC3=O)cc21. The maximum absolute atomic E-state index is 11.9. The second-order valence-corrected chi connectivity index (χ2v) is 4.93. The lowest BCUT2D eigenvalue weighted by Crippen LogP contribution is -2.23. The Hall–Kier alpha value is -1.68. The molecular formula is C14H15NO3. The number of rotatable bonds is 2. The molecule has 1 aromatic carbocycles. The van der Waals surface area contributed by atoms with Crippen LogP contribution in [0.2, 0.25) is 0 Å². The van der Waals surface area contributed by atoms with Crippen molar-refractivity contribution in [3.05, 3.63) is 29.3 Å². The largest absolute Gasteiger partial charge is 0.396 e. The fraction of sp³-hybridized carbons (Fsp3) is 0.429. The number of hydrogen-bond donors (Lipinski definition) is 1. The highest BCUT2D eigenvalue weighted by Crippen LogP contribution is 2.35. The van der Waals surface area contributed by atoms with Crippen LogP contribution in [-0.4, -0.2) is 29.9 Å². The Kier molecular flexibility index (Phi) is 2.67. The Bertz CT molecular complexity index is 524. The van der Waals surface area contributed by atoms with Crippen LogP contribution in [0.1, 0.15) is 41.1 Å². The number of Topliss-reactive ketones (excluding diaryl/α,β-unsaturated/α-hetero) is 1. The van der Waals surface area contributed by atoms with E-state index in [4.69, 9.17) is 0 Å². The van der Waals surface area contributed by atoms with Crippen molar-refractivity contribution in [3.63, 3.8) is 0 Å². The molecule has 1 amide bonds. The number of hydrogen-bond acceptors (Lipinski definition) is 3.